The lowest BCUT2D eigenvalue weighted by molar-refractivity contribution is -0.116. The van der Waals surface area contributed by atoms with E-state index in [1.54, 1.807) is 12.1 Å². The van der Waals surface area contributed by atoms with Gasteiger partial charge >= 0.3 is 0 Å². The Morgan fingerprint density at radius 1 is 1.44 bits per heavy atom. The molecule has 0 aliphatic carbocycles. The van der Waals surface area contributed by atoms with Crippen molar-refractivity contribution in [3.63, 3.8) is 0 Å². The summed E-state index contributed by atoms with van der Waals surface area (Å²) >= 11 is 6.07. The molecule has 2 unspecified atom stereocenters. The summed E-state index contributed by atoms with van der Waals surface area (Å²) in [6, 6.07) is 3.54. The van der Waals surface area contributed by atoms with Crippen molar-refractivity contribution in [1.29, 1.82) is 0 Å². The van der Waals surface area contributed by atoms with Crippen LogP contribution in [0.25, 0.3) is 0 Å². The number of aliphatic hydroxyl groups excluding tert-OH is 1. The Morgan fingerprint density at radius 3 is 2.72 bits per heavy atom. The van der Waals surface area contributed by atoms with Crippen LogP contribution < -0.4 is 5.32 Å². The minimum Gasteiger partial charge on any atom is -0.388 e. The normalized spacial score (nSPS) is 19.9. The maximum atomic E-state index is 11.7. The van der Waals surface area contributed by atoms with E-state index in [0.717, 1.165) is 16.8 Å². The molecule has 0 bridgehead atoms. The zero-order valence-electron chi connectivity index (χ0n) is 10.8. The Labute approximate surface area is 112 Å². The SMILES string of the molecule is CC(C)CC(O)c1cc(Cl)cc2c1NC(=O)C2C. The van der Waals surface area contributed by atoms with E-state index in [2.05, 4.69) is 19.2 Å². The van der Waals surface area contributed by atoms with Crippen molar-refractivity contribution < 1.29 is 9.90 Å². The standard InChI is InChI=1S/C14H18ClNO2/c1-7(2)4-12(17)11-6-9(15)5-10-8(3)14(18)16-13(10)11/h5-8,12,17H,4H2,1-3H3,(H,16,18). The van der Waals surface area contributed by atoms with E-state index in [4.69, 9.17) is 11.6 Å². The van der Waals surface area contributed by atoms with Crippen LogP contribution in [0.1, 0.15) is 50.3 Å². The molecule has 1 aliphatic heterocycles. The van der Waals surface area contributed by atoms with Gasteiger partial charge in [-0.2, -0.15) is 0 Å². The van der Waals surface area contributed by atoms with Gasteiger partial charge in [0.2, 0.25) is 5.91 Å². The number of benzene rings is 1. The van der Waals surface area contributed by atoms with Gasteiger partial charge in [0, 0.05) is 10.6 Å². The third kappa shape index (κ3) is 2.38. The fraction of sp³-hybridized carbons (Fsp3) is 0.500. The number of carbonyl (C=O) groups excluding carboxylic acids is 1. The number of halogens is 1. The number of anilines is 1. The molecule has 1 aliphatic rings. The van der Waals surface area contributed by atoms with Crippen LogP contribution in [0.3, 0.4) is 0 Å². The molecule has 0 saturated heterocycles. The molecule has 0 radical (unpaired) electrons. The van der Waals surface area contributed by atoms with E-state index < -0.39 is 6.10 Å². The predicted octanol–water partition coefficient (Wildman–Crippen LogP) is 3.48. The molecule has 2 atom stereocenters. The molecule has 1 aromatic carbocycles. The number of hydrogen-bond acceptors (Lipinski definition) is 2. The average molecular weight is 268 g/mol. The molecule has 18 heavy (non-hydrogen) atoms. The van der Waals surface area contributed by atoms with Crippen LogP contribution in [0.4, 0.5) is 5.69 Å². The largest absolute Gasteiger partial charge is 0.388 e. The summed E-state index contributed by atoms with van der Waals surface area (Å²) in [5.74, 6) is 0.137. The van der Waals surface area contributed by atoms with Crippen LogP contribution in [-0.2, 0) is 4.79 Å². The number of hydrogen-bond donors (Lipinski definition) is 2. The topological polar surface area (TPSA) is 49.3 Å². The van der Waals surface area contributed by atoms with Crippen molar-refractivity contribution in [2.45, 2.75) is 39.2 Å². The van der Waals surface area contributed by atoms with Crippen LogP contribution in [0, 0.1) is 5.92 Å². The van der Waals surface area contributed by atoms with Crippen LogP contribution >= 0.6 is 11.6 Å². The lowest BCUT2D eigenvalue weighted by atomic mass is 9.94. The molecular weight excluding hydrogens is 250 g/mol. The van der Waals surface area contributed by atoms with Crippen molar-refractivity contribution in [1.82, 2.24) is 0 Å². The summed E-state index contributed by atoms with van der Waals surface area (Å²) in [4.78, 5) is 11.7. The van der Waals surface area contributed by atoms with Crippen molar-refractivity contribution in [3.8, 4) is 0 Å². The van der Waals surface area contributed by atoms with E-state index in [9.17, 15) is 9.90 Å². The zero-order valence-corrected chi connectivity index (χ0v) is 11.6. The second-order valence-electron chi connectivity index (χ2n) is 5.32. The highest BCUT2D eigenvalue weighted by molar-refractivity contribution is 6.31. The van der Waals surface area contributed by atoms with Crippen molar-refractivity contribution >= 4 is 23.2 Å². The third-order valence-corrected chi connectivity index (χ3v) is 3.54. The van der Waals surface area contributed by atoms with Crippen LogP contribution in [0.15, 0.2) is 12.1 Å². The summed E-state index contributed by atoms with van der Waals surface area (Å²) in [5.41, 5.74) is 2.35. The van der Waals surface area contributed by atoms with Crippen molar-refractivity contribution in [3.05, 3.63) is 28.3 Å². The highest BCUT2D eigenvalue weighted by atomic mass is 35.5. The zero-order chi connectivity index (χ0) is 13.4. The number of amides is 1. The predicted molar refractivity (Wildman–Crippen MR) is 72.9 cm³/mol. The molecule has 4 heteroatoms. The average Bonchev–Trinajstić information content (AvgIpc) is 2.54. The van der Waals surface area contributed by atoms with Gasteiger partial charge in [-0.05, 0) is 37.0 Å². The second-order valence-corrected chi connectivity index (χ2v) is 5.75. The third-order valence-electron chi connectivity index (χ3n) is 3.33. The second kappa shape index (κ2) is 4.90. The van der Waals surface area contributed by atoms with Crippen molar-refractivity contribution in [2.24, 2.45) is 5.92 Å². The van der Waals surface area contributed by atoms with Crippen LogP contribution in [0.5, 0.6) is 0 Å². The van der Waals surface area contributed by atoms with E-state index in [0.29, 0.717) is 17.4 Å². The highest BCUT2D eigenvalue weighted by Crippen LogP contribution is 2.40. The summed E-state index contributed by atoms with van der Waals surface area (Å²) in [6.45, 7) is 5.94. The summed E-state index contributed by atoms with van der Waals surface area (Å²) in [5, 5.41) is 13.6. The van der Waals surface area contributed by atoms with Gasteiger partial charge in [0.1, 0.15) is 0 Å². The van der Waals surface area contributed by atoms with Gasteiger partial charge in [-0.15, -0.1) is 0 Å². The highest BCUT2D eigenvalue weighted by Gasteiger charge is 2.30. The first-order valence-electron chi connectivity index (χ1n) is 6.22. The number of nitrogens with one attached hydrogen (secondary N) is 1. The first-order chi connectivity index (χ1) is 8.40. The molecule has 1 heterocycles. The minimum atomic E-state index is -0.594. The molecule has 0 aromatic heterocycles. The lowest BCUT2D eigenvalue weighted by Gasteiger charge is -2.17. The first-order valence-corrected chi connectivity index (χ1v) is 6.60. The van der Waals surface area contributed by atoms with E-state index >= 15 is 0 Å². The molecule has 98 valence electrons. The molecular formula is C14H18ClNO2. The fourth-order valence-corrected chi connectivity index (χ4v) is 2.58. The Morgan fingerprint density at radius 2 is 2.11 bits per heavy atom. The quantitative estimate of drug-likeness (QED) is 0.881. The van der Waals surface area contributed by atoms with E-state index in [1.807, 2.05) is 6.92 Å². The van der Waals surface area contributed by atoms with E-state index in [-0.39, 0.29) is 11.8 Å². The van der Waals surface area contributed by atoms with Gasteiger partial charge in [0.15, 0.2) is 0 Å². The van der Waals surface area contributed by atoms with E-state index in [1.165, 1.54) is 0 Å². The Balaban J connectivity index is 2.44. The summed E-state index contributed by atoms with van der Waals surface area (Å²) in [7, 11) is 0. The lowest BCUT2D eigenvalue weighted by Crippen LogP contribution is -2.10. The molecule has 0 saturated carbocycles. The number of fused-ring (bicyclic) bond motifs is 1. The molecule has 2 N–H and O–H groups in total. The van der Waals surface area contributed by atoms with Gasteiger partial charge in [-0.3, -0.25) is 4.79 Å². The first kappa shape index (κ1) is 13.4. The number of aliphatic hydroxyl groups is 1. The smallest absolute Gasteiger partial charge is 0.231 e. The maximum absolute atomic E-state index is 11.7. The Bertz CT molecular complexity index is 485. The molecule has 0 fully saturated rings. The summed E-state index contributed by atoms with van der Waals surface area (Å²) < 4.78 is 0. The molecule has 1 aromatic rings. The molecule has 1 amide bonds. The van der Waals surface area contributed by atoms with Gasteiger partial charge in [0.25, 0.3) is 0 Å². The van der Waals surface area contributed by atoms with Gasteiger partial charge in [-0.25, -0.2) is 0 Å². The van der Waals surface area contributed by atoms with Gasteiger partial charge < -0.3 is 10.4 Å². The number of carbonyl (C=O) groups is 1. The van der Waals surface area contributed by atoms with Crippen LogP contribution in [0.2, 0.25) is 5.02 Å². The minimum absolute atomic E-state index is 0.0368. The monoisotopic (exact) mass is 267 g/mol. The van der Waals surface area contributed by atoms with Gasteiger partial charge in [-0.1, -0.05) is 25.4 Å². The Kier molecular flexibility index (Phi) is 3.64. The molecule has 3 nitrogen and oxygen atoms in total. The van der Waals surface area contributed by atoms with Crippen molar-refractivity contribution in [2.75, 3.05) is 5.32 Å². The molecule has 0 spiro atoms. The number of rotatable bonds is 3. The van der Waals surface area contributed by atoms with Crippen LogP contribution in [-0.4, -0.2) is 11.0 Å². The molecule has 2 rings (SSSR count). The van der Waals surface area contributed by atoms with Gasteiger partial charge in [0.05, 0.1) is 17.7 Å². The maximum Gasteiger partial charge on any atom is 0.231 e. The Hall–Kier alpha value is -1.06. The fourth-order valence-electron chi connectivity index (χ4n) is 2.34. The summed E-state index contributed by atoms with van der Waals surface area (Å²) in [6.07, 6.45) is 0.0554.